The molecule has 0 radical (unpaired) electrons. The molecule has 4 rings (SSSR count). The number of anilines is 1. The third kappa shape index (κ3) is 2.94. The number of aromatic nitrogens is 3. The van der Waals surface area contributed by atoms with E-state index < -0.39 is 29.4 Å². The molecule has 0 saturated heterocycles. The van der Waals surface area contributed by atoms with Crippen molar-refractivity contribution in [3.63, 3.8) is 0 Å². The third-order valence-electron chi connectivity index (χ3n) is 5.04. The molecule has 1 aliphatic heterocycles. The topological polar surface area (TPSA) is 69.0 Å². The summed E-state index contributed by atoms with van der Waals surface area (Å²) in [4.78, 5) is 16.7. The summed E-state index contributed by atoms with van der Waals surface area (Å²) in [5.41, 5.74) is 0.720. The fourth-order valence-corrected chi connectivity index (χ4v) is 3.97. The van der Waals surface area contributed by atoms with Crippen LogP contribution in [0.5, 0.6) is 5.75 Å². The van der Waals surface area contributed by atoms with E-state index in [9.17, 15) is 18.0 Å². The summed E-state index contributed by atoms with van der Waals surface area (Å²) in [6, 6.07) is 6.17. The van der Waals surface area contributed by atoms with Crippen molar-refractivity contribution in [1.82, 2.24) is 14.8 Å². The number of Topliss-reactive ketones (excluding diaryl/α,β-unsaturated/α-hetero) is 1. The van der Waals surface area contributed by atoms with Crippen LogP contribution in [-0.4, -0.2) is 27.7 Å². The molecule has 6 nitrogen and oxygen atoms in total. The normalized spacial score (nSPS) is 23.4. The highest BCUT2D eigenvalue weighted by Gasteiger charge is 2.47. The molecule has 2 unspecified atom stereocenters. The van der Waals surface area contributed by atoms with Gasteiger partial charge in [0.15, 0.2) is 0 Å². The summed E-state index contributed by atoms with van der Waals surface area (Å²) in [7, 11) is 1.48. The van der Waals surface area contributed by atoms with Crippen LogP contribution in [0.4, 0.5) is 19.1 Å². The van der Waals surface area contributed by atoms with Gasteiger partial charge in [0, 0.05) is 17.7 Å². The highest BCUT2D eigenvalue weighted by molar-refractivity contribution is 5.88. The van der Waals surface area contributed by atoms with Gasteiger partial charge in [-0.25, -0.2) is 4.68 Å². The smallest absolute Gasteiger partial charge is 0.453 e. The van der Waals surface area contributed by atoms with Gasteiger partial charge in [-0.1, -0.05) is 38.1 Å². The first kappa shape index (κ1) is 18.5. The molecule has 2 heterocycles. The number of rotatable bonds is 2. The largest absolute Gasteiger partial charge is 0.496 e. The number of carbonyl (C=O) groups is 1. The van der Waals surface area contributed by atoms with E-state index in [2.05, 4.69) is 15.4 Å². The van der Waals surface area contributed by atoms with Gasteiger partial charge in [0.25, 0.3) is 5.82 Å². The number of methoxy groups -OCH3 is 1. The van der Waals surface area contributed by atoms with Gasteiger partial charge in [-0.15, -0.1) is 5.10 Å². The Balaban J connectivity index is 1.96. The first-order valence-electron chi connectivity index (χ1n) is 8.80. The molecule has 1 aromatic carbocycles. The molecule has 0 saturated carbocycles. The van der Waals surface area contributed by atoms with Gasteiger partial charge in [0.1, 0.15) is 11.5 Å². The number of nitrogens with zero attached hydrogens (tertiary/aromatic N) is 3. The predicted octanol–water partition coefficient (Wildman–Crippen LogP) is 3.82. The van der Waals surface area contributed by atoms with Gasteiger partial charge in [0.05, 0.1) is 19.1 Å². The SMILES string of the molecule is COc1ccccc1C1C2C(=O)CC(C)(C)C=C2Nc2nc(C(F)(F)F)nn21. The Morgan fingerprint density at radius 1 is 1.29 bits per heavy atom. The summed E-state index contributed by atoms with van der Waals surface area (Å²) < 4.78 is 46.3. The maximum Gasteiger partial charge on any atom is 0.453 e. The molecule has 9 heteroatoms. The first-order chi connectivity index (χ1) is 13.1. The highest BCUT2D eigenvalue weighted by Crippen LogP contribution is 2.47. The Morgan fingerprint density at radius 2 is 2.00 bits per heavy atom. The fraction of sp³-hybridized carbons (Fsp3) is 0.421. The molecular formula is C19H19F3N4O2. The van der Waals surface area contributed by atoms with Crippen LogP contribution >= 0.6 is 0 Å². The van der Waals surface area contributed by atoms with E-state index in [1.54, 1.807) is 24.3 Å². The number of benzene rings is 1. The molecule has 0 fully saturated rings. The van der Waals surface area contributed by atoms with Crippen LogP contribution in [0.3, 0.4) is 0 Å². The summed E-state index contributed by atoms with van der Waals surface area (Å²) >= 11 is 0. The average molecular weight is 392 g/mol. The molecule has 1 N–H and O–H groups in total. The number of ketones is 1. The molecule has 28 heavy (non-hydrogen) atoms. The lowest BCUT2D eigenvalue weighted by Crippen LogP contribution is -2.42. The van der Waals surface area contributed by atoms with Crippen molar-refractivity contribution >= 4 is 11.7 Å². The van der Waals surface area contributed by atoms with Crippen molar-refractivity contribution in [2.75, 3.05) is 12.4 Å². The minimum Gasteiger partial charge on any atom is -0.496 e. The van der Waals surface area contributed by atoms with E-state index in [4.69, 9.17) is 4.74 Å². The van der Waals surface area contributed by atoms with Crippen molar-refractivity contribution in [1.29, 1.82) is 0 Å². The Kier molecular flexibility index (Phi) is 4.02. The predicted molar refractivity (Wildman–Crippen MR) is 94.8 cm³/mol. The molecule has 0 amide bonds. The lowest BCUT2D eigenvalue weighted by molar-refractivity contribution is -0.145. The lowest BCUT2D eigenvalue weighted by Gasteiger charge is -2.40. The number of ether oxygens (including phenoxy) is 1. The van der Waals surface area contributed by atoms with E-state index >= 15 is 0 Å². The second-order valence-corrected chi connectivity index (χ2v) is 7.72. The number of allylic oxidation sites excluding steroid dienone is 2. The molecule has 148 valence electrons. The lowest BCUT2D eigenvalue weighted by atomic mass is 9.72. The maximum atomic E-state index is 13.2. The van der Waals surface area contributed by atoms with Crippen molar-refractivity contribution in [2.24, 2.45) is 11.3 Å². The highest BCUT2D eigenvalue weighted by atomic mass is 19.4. The Bertz CT molecular complexity index is 978. The van der Waals surface area contributed by atoms with Crippen LogP contribution in [0.1, 0.15) is 37.7 Å². The Morgan fingerprint density at radius 3 is 2.68 bits per heavy atom. The summed E-state index contributed by atoms with van der Waals surface area (Å²) in [6.07, 6.45) is -2.52. The third-order valence-corrected chi connectivity index (χ3v) is 5.04. The molecule has 1 aromatic heterocycles. The quantitative estimate of drug-likeness (QED) is 0.842. The van der Waals surface area contributed by atoms with Crippen molar-refractivity contribution in [2.45, 2.75) is 32.5 Å². The van der Waals surface area contributed by atoms with Crippen molar-refractivity contribution in [3.05, 3.63) is 47.4 Å². The second-order valence-electron chi connectivity index (χ2n) is 7.72. The van der Waals surface area contributed by atoms with Crippen LogP contribution < -0.4 is 10.1 Å². The van der Waals surface area contributed by atoms with Crippen LogP contribution in [0.25, 0.3) is 0 Å². The monoisotopic (exact) mass is 392 g/mol. The number of halogens is 3. The second kappa shape index (κ2) is 6.08. The minimum absolute atomic E-state index is 0.0452. The number of hydrogen-bond donors (Lipinski definition) is 1. The zero-order valence-corrected chi connectivity index (χ0v) is 15.5. The minimum atomic E-state index is -4.69. The number of carbonyl (C=O) groups excluding carboxylic acids is 1. The van der Waals surface area contributed by atoms with Crippen LogP contribution in [0.15, 0.2) is 36.0 Å². The Labute approximate surface area is 159 Å². The van der Waals surface area contributed by atoms with Gasteiger partial charge in [-0.05, 0) is 11.5 Å². The van der Waals surface area contributed by atoms with E-state index in [1.165, 1.54) is 7.11 Å². The van der Waals surface area contributed by atoms with Gasteiger partial charge in [-0.2, -0.15) is 18.2 Å². The number of fused-ring (bicyclic) bond motifs is 2. The molecule has 2 aliphatic rings. The number of alkyl halides is 3. The standard InChI is InChI=1S/C19H19F3N4O2/c1-18(2)8-11-14(12(27)9-18)15(10-6-4-5-7-13(10)28-3)26-17(23-11)24-16(25-26)19(20,21)22/h4-8,14-15H,9H2,1-3H3,(H,23,24,25). The molecule has 2 atom stereocenters. The Hall–Kier alpha value is -2.84. The zero-order valence-electron chi connectivity index (χ0n) is 15.5. The number of nitrogens with one attached hydrogen (secondary N) is 1. The van der Waals surface area contributed by atoms with Crippen LogP contribution in [-0.2, 0) is 11.0 Å². The van der Waals surface area contributed by atoms with Crippen molar-refractivity contribution in [3.8, 4) is 5.75 Å². The van der Waals surface area contributed by atoms with Gasteiger partial charge in [-0.3, -0.25) is 4.79 Å². The van der Waals surface area contributed by atoms with E-state index in [0.29, 0.717) is 17.0 Å². The fourth-order valence-electron chi connectivity index (χ4n) is 3.97. The van der Waals surface area contributed by atoms with Crippen LogP contribution in [0, 0.1) is 11.3 Å². The molecule has 1 aliphatic carbocycles. The maximum absolute atomic E-state index is 13.2. The first-order valence-corrected chi connectivity index (χ1v) is 8.80. The number of hydrogen-bond acceptors (Lipinski definition) is 5. The van der Waals surface area contributed by atoms with Crippen LogP contribution in [0.2, 0.25) is 0 Å². The van der Waals surface area contributed by atoms with Gasteiger partial charge in [0.2, 0.25) is 5.95 Å². The van der Waals surface area contributed by atoms with Crippen molar-refractivity contribution < 1.29 is 22.7 Å². The molecule has 0 spiro atoms. The summed E-state index contributed by atoms with van der Waals surface area (Å²) in [6.45, 7) is 3.82. The zero-order chi connectivity index (χ0) is 20.3. The molecular weight excluding hydrogens is 373 g/mol. The van der Waals surface area contributed by atoms with Gasteiger partial charge >= 0.3 is 6.18 Å². The molecule has 2 aromatic rings. The van der Waals surface area contributed by atoms with Gasteiger partial charge < -0.3 is 10.1 Å². The van der Waals surface area contributed by atoms with E-state index in [1.807, 2.05) is 19.9 Å². The average Bonchev–Trinajstić information content (AvgIpc) is 3.03. The van der Waals surface area contributed by atoms with E-state index in [-0.39, 0.29) is 18.2 Å². The number of para-hydroxylation sites is 1. The summed E-state index contributed by atoms with van der Waals surface area (Å²) in [5, 5.41) is 6.60. The molecule has 0 bridgehead atoms. The van der Waals surface area contributed by atoms with E-state index in [0.717, 1.165) is 4.68 Å². The summed E-state index contributed by atoms with van der Waals surface area (Å²) in [5.74, 6) is -1.58.